The zero-order valence-corrected chi connectivity index (χ0v) is 10.7. The van der Waals surface area contributed by atoms with Gasteiger partial charge >= 0.3 is 0 Å². The maximum atomic E-state index is 12.0. The Balaban J connectivity index is 2.80. The smallest absolute Gasteiger partial charge is 0.230 e. The Labute approximate surface area is 102 Å². The highest BCUT2D eigenvalue weighted by Crippen LogP contribution is 2.32. The quantitative estimate of drug-likeness (QED) is 0.716. The van der Waals surface area contributed by atoms with Crippen molar-refractivity contribution in [1.82, 2.24) is 4.90 Å². The topological polar surface area (TPSA) is 66.8 Å². The van der Waals surface area contributed by atoms with Crippen molar-refractivity contribution in [3.63, 3.8) is 0 Å². The van der Waals surface area contributed by atoms with Gasteiger partial charge in [0.05, 0.1) is 12.6 Å². The van der Waals surface area contributed by atoms with E-state index in [4.69, 9.17) is 9.84 Å². The maximum Gasteiger partial charge on any atom is 0.230 e. The molecule has 0 saturated carbocycles. The highest BCUT2D eigenvalue weighted by Gasteiger charge is 2.40. The van der Waals surface area contributed by atoms with Crippen molar-refractivity contribution in [2.24, 2.45) is 5.41 Å². The zero-order valence-electron chi connectivity index (χ0n) is 10.7. The predicted molar refractivity (Wildman–Crippen MR) is 62.2 cm³/mol. The summed E-state index contributed by atoms with van der Waals surface area (Å²) in [7, 11) is 1.52. The van der Waals surface area contributed by atoms with Crippen LogP contribution in [-0.4, -0.2) is 48.2 Å². The number of piperidine rings is 1. The number of methoxy groups -OCH3 is 1. The van der Waals surface area contributed by atoms with E-state index in [1.54, 1.807) is 0 Å². The van der Waals surface area contributed by atoms with Crippen LogP contribution < -0.4 is 0 Å². The summed E-state index contributed by atoms with van der Waals surface area (Å²) in [5.74, 6) is -0.330. The van der Waals surface area contributed by atoms with Gasteiger partial charge in [-0.1, -0.05) is 13.8 Å². The summed E-state index contributed by atoms with van der Waals surface area (Å²) >= 11 is 0. The first-order valence-corrected chi connectivity index (χ1v) is 5.86. The van der Waals surface area contributed by atoms with E-state index in [-0.39, 0.29) is 36.5 Å². The number of carbonyl (C=O) groups excluding carboxylic acids is 2. The number of nitrogens with zero attached hydrogens (tertiary/aromatic N) is 1. The van der Waals surface area contributed by atoms with Crippen LogP contribution >= 0.6 is 0 Å². The second-order valence-electron chi connectivity index (χ2n) is 5.30. The molecule has 1 aliphatic rings. The van der Waals surface area contributed by atoms with Crippen LogP contribution in [0.15, 0.2) is 0 Å². The molecule has 5 nitrogen and oxygen atoms in total. The summed E-state index contributed by atoms with van der Waals surface area (Å²) in [4.78, 5) is 25.2. The highest BCUT2D eigenvalue weighted by molar-refractivity contribution is 5.98. The molecule has 1 rings (SSSR count). The van der Waals surface area contributed by atoms with Gasteiger partial charge in [-0.25, -0.2) is 0 Å². The van der Waals surface area contributed by atoms with Gasteiger partial charge < -0.3 is 9.84 Å². The molecule has 2 amide bonds. The molecule has 0 aromatic rings. The number of aliphatic hydroxyl groups is 1. The van der Waals surface area contributed by atoms with E-state index in [1.807, 2.05) is 13.8 Å². The number of amides is 2. The molecule has 5 heteroatoms. The van der Waals surface area contributed by atoms with Crippen molar-refractivity contribution in [2.45, 2.75) is 39.2 Å². The van der Waals surface area contributed by atoms with Crippen LogP contribution in [0.25, 0.3) is 0 Å². The molecule has 1 N–H and O–H groups in total. The number of imide groups is 1. The number of rotatable bonds is 5. The minimum Gasteiger partial charge on any atom is -0.396 e. The Kier molecular flexibility index (Phi) is 4.65. The summed E-state index contributed by atoms with van der Waals surface area (Å²) < 4.78 is 5.00. The predicted octanol–water partition coefficient (Wildman–Crippen LogP) is 0.559. The first kappa shape index (κ1) is 14.1. The Hall–Kier alpha value is -0.940. The van der Waals surface area contributed by atoms with Crippen LogP contribution in [0.5, 0.6) is 0 Å². The van der Waals surface area contributed by atoms with E-state index in [2.05, 4.69) is 0 Å². The molecule has 1 unspecified atom stereocenters. The monoisotopic (exact) mass is 243 g/mol. The SMILES string of the molecule is COCC(CCO)N1C(=O)CC(C)(C)CC1=O. The second-order valence-corrected chi connectivity index (χ2v) is 5.30. The Morgan fingerprint density at radius 1 is 1.35 bits per heavy atom. The molecule has 1 aliphatic heterocycles. The molecule has 1 atom stereocenters. The lowest BCUT2D eigenvalue weighted by atomic mass is 9.81. The summed E-state index contributed by atoms with van der Waals surface area (Å²) in [6.45, 7) is 4.04. The van der Waals surface area contributed by atoms with Crippen molar-refractivity contribution in [1.29, 1.82) is 0 Å². The molecular weight excluding hydrogens is 222 g/mol. The number of hydrogen-bond acceptors (Lipinski definition) is 4. The third-order valence-electron chi connectivity index (χ3n) is 2.98. The van der Waals surface area contributed by atoms with Crippen LogP contribution in [0.1, 0.15) is 33.1 Å². The van der Waals surface area contributed by atoms with Crippen LogP contribution in [0.2, 0.25) is 0 Å². The van der Waals surface area contributed by atoms with Gasteiger partial charge in [0.2, 0.25) is 11.8 Å². The standard InChI is InChI=1S/C12H21NO4/c1-12(2)6-10(15)13(11(16)7-12)9(4-5-14)8-17-3/h9,14H,4-8H2,1-3H3. The third kappa shape index (κ3) is 3.51. The van der Waals surface area contributed by atoms with Crippen LogP contribution in [0.3, 0.4) is 0 Å². The average molecular weight is 243 g/mol. The third-order valence-corrected chi connectivity index (χ3v) is 2.98. The fourth-order valence-electron chi connectivity index (χ4n) is 2.23. The van der Waals surface area contributed by atoms with Gasteiger partial charge in [0.25, 0.3) is 0 Å². The molecule has 0 aliphatic carbocycles. The number of carbonyl (C=O) groups is 2. The van der Waals surface area contributed by atoms with E-state index < -0.39 is 0 Å². The molecule has 0 radical (unpaired) electrons. The molecule has 98 valence electrons. The van der Waals surface area contributed by atoms with Crippen molar-refractivity contribution in [3.05, 3.63) is 0 Å². The molecule has 0 aromatic carbocycles. The zero-order chi connectivity index (χ0) is 13.1. The molecule has 17 heavy (non-hydrogen) atoms. The van der Waals surface area contributed by atoms with Crippen molar-refractivity contribution in [3.8, 4) is 0 Å². The Morgan fingerprint density at radius 2 is 1.88 bits per heavy atom. The second kappa shape index (κ2) is 5.60. The summed E-state index contributed by atoms with van der Waals surface area (Å²) in [6, 6.07) is -0.346. The molecule has 0 spiro atoms. The fraction of sp³-hybridized carbons (Fsp3) is 0.833. The Bertz CT molecular complexity index is 275. The maximum absolute atomic E-state index is 12.0. The van der Waals surface area contributed by atoms with Crippen molar-refractivity contribution >= 4 is 11.8 Å². The van der Waals surface area contributed by atoms with Crippen molar-refractivity contribution in [2.75, 3.05) is 20.3 Å². The molecule has 0 aromatic heterocycles. The van der Waals surface area contributed by atoms with Gasteiger partial charge in [-0.2, -0.15) is 0 Å². The number of likely N-dealkylation sites (tertiary alicyclic amines) is 1. The lowest BCUT2D eigenvalue weighted by Gasteiger charge is -2.38. The number of hydrogen-bond donors (Lipinski definition) is 1. The first-order chi connectivity index (χ1) is 7.91. The molecule has 1 heterocycles. The largest absolute Gasteiger partial charge is 0.396 e. The van der Waals surface area contributed by atoms with E-state index in [0.717, 1.165) is 0 Å². The van der Waals surface area contributed by atoms with E-state index >= 15 is 0 Å². The number of ether oxygens (including phenoxy) is 1. The minimum absolute atomic E-state index is 0.0610. The van der Waals surface area contributed by atoms with E-state index in [1.165, 1.54) is 12.0 Å². The molecule has 1 fully saturated rings. The summed E-state index contributed by atoms with van der Waals surface area (Å²) in [5, 5.41) is 8.96. The summed E-state index contributed by atoms with van der Waals surface area (Å²) in [5.41, 5.74) is -0.262. The number of aliphatic hydroxyl groups excluding tert-OH is 1. The molecular formula is C12H21NO4. The average Bonchev–Trinajstić information content (AvgIpc) is 2.14. The van der Waals surface area contributed by atoms with Crippen molar-refractivity contribution < 1.29 is 19.4 Å². The van der Waals surface area contributed by atoms with Gasteiger partial charge in [0, 0.05) is 26.6 Å². The lowest BCUT2D eigenvalue weighted by molar-refractivity contribution is -0.157. The normalized spacial score (nSPS) is 21.8. The highest BCUT2D eigenvalue weighted by atomic mass is 16.5. The first-order valence-electron chi connectivity index (χ1n) is 5.86. The summed E-state index contributed by atoms with van der Waals surface area (Å²) in [6.07, 6.45) is 1.10. The van der Waals surface area contributed by atoms with Gasteiger partial charge in [-0.15, -0.1) is 0 Å². The van der Waals surface area contributed by atoms with E-state index in [0.29, 0.717) is 19.3 Å². The molecule has 0 bridgehead atoms. The van der Waals surface area contributed by atoms with Gasteiger partial charge in [0.15, 0.2) is 0 Å². The molecule has 1 saturated heterocycles. The lowest BCUT2D eigenvalue weighted by Crippen LogP contribution is -2.52. The fourth-order valence-corrected chi connectivity index (χ4v) is 2.23. The van der Waals surface area contributed by atoms with Gasteiger partial charge in [0.1, 0.15) is 0 Å². The van der Waals surface area contributed by atoms with Crippen LogP contribution in [0.4, 0.5) is 0 Å². The van der Waals surface area contributed by atoms with Gasteiger partial charge in [-0.3, -0.25) is 14.5 Å². The van der Waals surface area contributed by atoms with Gasteiger partial charge in [-0.05, 0) is 11.8 Å². The van der Waals surface area contributed by atoms with Crippen LogP contribution in [0, 0.1) is 5.41 Å². The Morgan fingerprint density at radius 3 is 2.29 bits per heavy atom. The minimum atomic E-state index is -0.346. The van der Waals surface area contributed by atoms with E-state index in [9.17, 15) is 9.59 Å². The van der Waals surface area contributed by atoms with Crippen LogP contribution in [-0.2, 0) is 14.3 Å².